The summed E-state index contributed by atoms with van der Waals surface area (Å²) >= 11 is 3.46. The van der Waals surface area contributed by atoms with Crippen LogP contribution >= 0.6 is 15.9 Å². The SMILES string of the molecule is CCCNc1nccc(Oc2ccc(Br)c(C)c2)n1. The molecule has 19 heavy (non-hydrogen) atoms. The Labute approximate surface area is 121 Å². The number of nitrogens with one attached hydrogen (secondary N) is 1. The van der Waals surface area contributed by atoms with Gasteiger partial charge in [-0.1, -0.05) is 22.9 Å². The number of aromatic nitrogens is 2. The monoisotopic (exact) mass is 321 g/mol. The number of nitrogens with zero attached hydrogens (tertiary/aromatic N) is 2. The van der Waals surface area contributed by atoms with Gasteiger partial charge in [-0.25, -0.2) is 4.98 Å². The average Bonchev–Trinajstić information content (AvgIpc) is 2.41. The van der Waals surface area contributed by atoms with E-state index in [1.54, 1.807) is 12.3 Å². The maximum atomic E-state index is 5.72. The van der Waals surface area contributed by atoms with Crippen LogP contribution in [0.2, 0.25) is 0 Å². The van der Waals surface area contributed by atoms with Gasteiger partial charge in [-0.05, 0) is 37.1 Å². The minimum atomic E-state index is 0.537. The summed E-state index contributed by atoms with van der Waals surface area (Å²) in [5.74, 6) is 1.89. The van der Waals surface area contributed by atoms with Gasteiger partial charge >= 0.3 is 0 Å². The van der Waals surface area contributed by atoms with E-state index in [9.17, 15) is 0 Å². The smallest absolute Gasteiger partial charge is 0.225 e. The number of anilines is 1. The molecule has 5 heteroatoms. The van der Waals surface area contributed by atoms with Gasteiger partial charge in [0, 0.05) is 23.3 Å². The standard InChI is InChI=1S/C14H16BrN3O/c1-3-7-16-14-17-8-6-13(18-14)19-11-4-5-12(15)10(2)9-11/h4-6,8-9H,3,7H2,1-2H3,(H,16,17,18). The van der Waals surface area contributed by atoms with Gasteiger partial charge in [-0.3, -0.25) is 0 Å². The molecule has 0 unspecified atom stereocenters. The summed E-state index contributed by atoms with van der Waals surface area (Å²) in [5, 5.41) is 3.13. The van der Waals surface area contributed by atoms with Crippen LogP contribution in [0.5, 0.6) is 11.6 Å². The summed E-state index contributed by atoms with van der Waals surface area (Å²) in [5.41, 5.74) is 1.12. The van der Waals surface area contributed by atoms with Crippen molar-refractivity contribution in [3.63, 3.8) is 0 Å². The quantitative estimate of drug-likeness (QED) is 0.898. The highest BCUT2D eigenvalue weighted by atomic mass is 79.9. The highest BCUT2D eigenvalue weighted by Gasteiger charge is 2.03. The van der Waals surface area contributed by atoms with Gasteiger partial charge in [-0.15, -0.1) is 0 Å². The van der Waals surface area contributed by atoms with Crippen LogP contribution in [0, 0.1) is 6.92 Å². The van der Waals surface area contributed by atoms with E-state index in [-0.39, 0.29) is 0 Å². The Kier molecular flexibility index (Phi) is 4.74. The van der Waals surface area contributed by atoms with Crippen molar-refractivity contribution in [1.29, 1.82) is 0 Å². The predicted octanol–water partition coefficient (Wildman–Crippen LogP) is 4.16. The zero-order chi connectivity index (χ0) is 13.7. The lowest BCUT2D eigenvalue weighted by atomic mass is 10.2. The van der Waals surface area contributed by atoms with Crippen LogP contribution in [0.1, 0.15) is 18.9 Å². The molecule has 1 N–H and O–H groups in total. The first-order chi connectivity index (χ1) is 9.19. The van der Waals surface area contributed by atoms with E-state index < -0.39 is 0 Å². The molecule has 1 aromatic heterocycles. The zero-order valence-corrected chi connectivity index (χ0v) is 12.6. The third kappa shape index (κ3) is 3.92. The van der Waals surface area contributed by atoms with Crippen LogP contribution in [-0.2, 0) is 0 Å². The van der Waals surface area contributed by atoms with Crippen LogP contribution in [0.3, 0.4) is 0 Å². The molecule has 0 radical (unpaired) electrons. The van der Waals surface area contributed by atoms with Crippen molar-refractivity contribution in [3.8, 4) is 11.6 Å². The molecule has 1 heterocycles. The molecule has 0 atom stereocenters. The molecule has 0 amide bonds. The van der Waals surface area contributed by atoms with Crippen molar-refractivity contribution < 1.29 is 4.74 Å². The lowest BCUT2D eigenvalue weighted by Gasteiger charge is -2.08. The minimum absolute atomic E-state index is 0.537. The van der Waals surface area contributed by atoms with Crippen molar-refractivity contribution in [2.24, 2.45) is 0 Å². The molecule has 4 nitrogen and oxygen atoms in total. The van der Waals surface area contributed by atoms with Gasteiger partial charge < -0.3 is 10.1 Å². The molecular weight excluding hydrogens is 306 g/mol. The summed E-state index contributed by atoms with van der Waals surface area (Å²) in [6, 6.07) is 7.57. The van der Waals surface area contributed by atoms with E-state index in [1.165, 1.54) is 0 Å². The second-order valence-corrected chi connectivity index (χ2v) is 5.01. The van der Waals surface area contributed by atoms with Gasteiger partial charge in [0.15, 0.2) is 0 Å². The van der Waals surface area contributed by atoms with Crippen LogP contribution in [0.15, 0.2) is 34.9 Å². The zero-order valence-electron chi connectivity index (χ0n) is 11.0. The molecule has 0 aliphatic heterocycles. The summed E-state index contributed by atoms with van der Waals surface area (Å²) < 4.78 is 6.79. The minimum Gasteiger partial charge on any atom is -0.439 e. The fraction of sp³-hybridized carbons (Fsp3) is 0.286. The summed E-state index contributed by atoms with van der Waals surface area (Å²) in [6.45, 7) is 4.96. The molecule has 0 aliphatic rings. The maximum Gasteiger partial charge on any atom is 0.225 e. The number of rotatable bonds is 5. The van der Waals surface area contributed by atoms with Gasteiger partial charge in [0.1, 0.15) is 5.75 Å². The highest BCUT2D eigenvalue weighted by Crippen LogP contribution is 2.25. The van der Waals surface area contributed by atoms with Gasteiger partial charge in [0.05, 0.1) is 0 Å². The lowest BCUT2D eigenvalue weighted by Crippen LogP contribution is -2.04. The number of halogens is 1. The van der Waals surface area contributed by atoms with Crippen LogP contribution in [0.4, 0.5) is 5.95 Å². The van der Waals surface area contributed by atoms with Crippen molar-refractivity contribution in [2.75, 3.05) is 11.9 Å². The van der Waals surface area contributed by atoms with E-state index >= 15 is 0 Å². The second-order valence-electron chi connectivity index (χ2n) is 4.16. The van der Waals surface area contributed by atoms with Gasteiger partial charge in [0.25, 0.3) is 0 Å². The molecule has 0 bridgehead atoms. The Balaban J connectivity index is 2.11. The van der Waals surface area contributed by atoms with Gasteiger partial charge in [0.2, 0.25) is 11.8 Å². The molecule has 0 saturated carbocycles. The number of aryl methyl sites for hydroxylation is 1. The van der Waals surface area contributed by atoms with E-state index in [1.807, 2.05) is 25.1 Å². The molecule has 100 valence electrons. The van der Waals surface area contributed by atoms with Crippen LogP contribution in [0.25, 0.3) is 0 Å². The normalized spacial score (nSPS) is 10.3. The Morgan fingerprint density at radius 3 is 2.89 bits per heavy atom. The third-order valence-corrected chi connectivity index (χ3v) is 3.40. The number of ether oxygens (including phenoxy) is 1. The molecule has 1 aromatic carbocycles. The van der Waals surface area contributed by atoms with E-state index in [0.29, 0.717) is 11.8 Å². The highest BCUT2D eigenvalue weighted by molar-refractivity contribution is 9.10. The van der Waals surface area contributed by atoms with Gasteiger partial charge in [-0.2, -0.15) is 4.98 Å². The molecule has 0 aliphatic carbocycles. The molecule has 0 saturated heterocycles. The van der Waals surface area contributed by atoms with Crippen LogP contribution in [-0.4, -0.2) is 16.5 Å². The first-order valence-corrected chi connectivity index (χ1v) is 6.99. The summed E-state index contributed by atoms with van der Waals surface area (Å²) in [7, 11) is 0. The van der Waals surface area contributed by atoms with E-state index in [2.05, 4.69) is 38.1 Å². The Hall–Kier alpha value is -1.62. The largest absolute Gasteiger partial charge is 0.439 e. The third-order valence-electron chi connectivity index (χ3n) is 2.51. The predicted molar refractivity (Wildman–Crippen MR) is 79.8 cm³/mol. The Morgan fingerprint density at radius 1 is 1.32 bits per heavy atom. The molecular formula is C14H16BrN3O. The maximum absolute atomic E-state index is 5.72. The molecule has 2 rings (SSSR count). The van der Waals surface area contributed by atoms with E-state index in [4.69, 9.17) is 4.74 Å². The van der Waals surface area contributed by atoms with Crippen molar-refractivity contribution in [1.82, 2.24) is 9.97 Å². The fourth-order valence-corrected chi connectivity index (χ4v) is 1.77. The Morgan fingerprint density at radius 2 is 2.16 bits per heavy atom. The summed E-state index contributed by atoms with van der Waals surface area (Å²) in [4.78, 5) is 8.44. The molecule has 0 spiro atoms. The van der Waals surface area contributed by atoms with E-state index in [0.717, 1.165) is 28.8 Å². The second kappa shape index (κ2) is 6.52. The first-order valence-electron chi connectivity index (χ1n) is 6.20. The first kappa shape index (κ1) is 13.8. The van der Waals surface area contributed by atoms with Crippen molar-refractivity contribution in [2.45, 2.75) is 20.3 Å². The molecule has 2 aromatic rings. The summed E-state index contributed by atoms with van der Waals surface area (Å²) in [6.07, 6.45) is 2.71. The fourth-order valence-electron chi connectivity index (χ4n) is 1.52. The number of hydrogen-bond donors (Lipinski definition) is 1. The number of hydrogen-bond acceptors (Lipinski definition) is 4. The molecule has 0 fully saturated rings. The average molecular weight is 322 g/mol. The lowest BCUT2D eigenvalue weighted by molar-refractivity contribution is 0.462. The van der Waals surface area contributed by atoms with Crippen molar-refractivity contribution in [3.05, 3.63) is 40.5 Å². The number of benzene rings is 1. The Bertz CT molecular complexity index is 560. The van der Waals surface area contributed by atoms with Crippen molar-refractivity contribution >= 4 is 21.9 Å². The van der Waals surface area contributed by atoms with Crippen LogP contribution < -0.4 is 10.1 Å². The topological polar surface area (TPSA) is 47.0 Å².